The van der Waals surface area contributed by atoms with Gasteiger partial charge in [0.1, 0.15) is 5.82 Å². The van der Waals surface area contributed by atoms with Crippen molar-refractivity contribution in [3.63, 3.8) is 0 Å². The Bertz CT molecular complexity index is 369. The van der Waals surface area contributed by atoms with E-state index in [1.807, 2.05) is 6.07 Å². The first-order valence-electron chi connectivity index (χ1n) is 6.27. The van der Waals surface area contributed by atoms with E-state index in [9.17, 15) is 4.39 Å². The lowest BCUT2D eigenvalue weighted by Crippen LogP contribution is -2.29. The van der Waals surface area contributed by atoms with Crippen molar-refractivity contribution in [3.05, 3.63) is 35.6 Å². The molecule has 3 atom stereocenters. The van der Waals surface area contributed by atoms with E-state index in [0.29, 0.717) is 12.0 Å². The zero-order valence-corrected chi connectivity index (χ0v) is 10.4. The Morgan fingerprint density at radius 2 is 2.35 bits per heavy atom. The number of nitrogens with one attached hydrogen (secondary N) is 1. The topological polar surface area (TPSA) is 21.3 Å². The van der Waals surface area contributed by atoms with Crippen LogP contribution in [0.25, 0.3) is 0 Å². The predicted molar refractivity (Wildman–Crippen MR) is 66.3 cm³/mol. The smallest absolute Gasteiger partial charge is 0.123 e. The maximum absolute atomic E-state index is 13.1. The van der Waals surface area contributed by atoms with Crippen LogP contribution in [0, 0.1) is 11.7 Å². The third kappa shape index (κ3) is 3.27. The minimum atomic E-state index is -0.172. The number of ether oxygens (including phenoxy) is 1. The van der Waals surface area contributed by atoms with Gasteiger partial charge in [0.25, 0.3) is 0 Å². The molecule has 1 fully saturated rings. The second kappa shape index (κ2) is 5.61. The van der Waals surface area contributed by atoms with Gasteiger partial charge in [-0.05, 0) is 43.9 Å². The second-order valence-electron chi connectivity index (χ2n) is 4.81. The van der Waals surface area contributed by atoms with Crippen molar-refractivity contribution in [2.24, 2.45) is 5.92 Å². The van der Waals surface area contributed by atoms with Crippen LogP contribution in [0.5, 0.6) is 0 Å². The highest BCUT2D eigenvalue weighted by Gasteiger charge is 2.24. The molecule has 1 aromatic rings. The van der Waals surface area contributed by atoms with E-state index in [1.54, 1.807) is 12.1 Å². The predicted octanol–water partition coefficient (Wildman–Crippen LogP) is 2.90. The highest BCUT2D eigenvalue weighted by atomic mass is 19.1. The van der Waals surface area contributed by atoms with Gasteiger partial charge in [-0.2, -0.15) is 0 Å². The summed E-state index contributed by atoms with van der Waals surface area (Å²) < 4.78 is 18.6. The van der Waals surface area contributed by atoms with E-state index >= 15 is 0 Å². The summed E-state index contributed by atoms with van der Waals surface area (Å²) in [6.07, 6.45) is 1.45. The number of benzene rings is 1. The summed E-state index contributed by atoms with van der Waals surface area (Å²) in [5.41, 5.74) is 0.997. The Hall–Kier alpha value is -0.930. The monoisotopic (exact) mass is 237 g/mol. The van der Waals surface area contributed by atoms with Crippen molar-refractivity contribution >= 4 is 0 Å². The largest absolute Gasteiger partial charge is 0.378 e. The first-order chi connectivity index (χ1) is 8.16. The van der Waals surface area contributed by atoms with Gasteiger partial charge in [0.05, 0.1) is 6.10 Å². The van der Waals surface area contributed by atoms with Crippen molar-refractivity contribution in [1.29, 1.82) is 0 Å². The lowest BCUT2D eigenvalue weighted by molar-refractivity contribution is 0.105. The summed E-state index contributed by atoms with van der Waals surface area (Å²) >= 11 is 0. The van der Waals surface area contributed by atoms with Crippen LogP contribution < -0.4 is 5.32 Å². The van der Waals surface area contributed by atoms with Crippen molar-refractivity contribution < 1.29 is 9.13 Å². The summed E-state index contributed by atoms with van der Waals surface area (Å²) in [6.45, 7) is 5.97. The molecular weight excluding hydrogens is 217 g/mol. The van der Waals surface area contributed by atoms with Crippen LogP contribution in [0.1, 0.15) is 31.9 Å². The van der Waals surface area contributed by atoms with Crippen molar-refractivity contribution in [2.75, 3.05) is 13.2 Å². The molecule has 0 amide bonds. The molecule has 0 saturated carbocycles. The lowest BCUT2D eigenvalue weighted by Gasteiger charge is -2.19. The van der Waals surface area contributed by atoms with Gasteiger partial charge in [0.15, 0.2) is 0 Å². The molecule has 17 heavy (non-hydrogen) atoms. The van der Waals surface area contributed by atoms with Gasteiger partial charge in [-0.3, -0.25) is 0 Å². The number of rotatable bonds is 4. The van der Waals surface area contributed by atoms with Crippen LogP contribution in [-0.4, -0.2) is 19.3 Å². The molecule has 0 aliphatic carbocycles. The number of halogens is 1. The summed E-state index contributed by atoms with van der Waals surface area (Å²) in [7, 11) is 0. The van der Waals surface area contributed by atoms with Crippen LogP contribution in [0.4, 0.5) is 4.39 Å². The molecule has 0 bridgehead atoms. The van der Waals surface area contributed by atoms with E-state index in [0.717, 1.165) is 25.1 Å². The molecule has 2 rings (SSSR count). The fourth-order valence-corrected chi connectivity index (χ4v) is 2.27. The SMILES string of the molecule is CC(NCC1CCOC1C)c1cccc(F)c1. The number of hydrogen-bond acceptors (Lipinski definition) is 2. The Morgan fingerprint density at radius 1 is 1.53 bits per heavy atom. The van der Waals surface area contributed by atoms with E-state index in [1.165, 1.54) is 6.07 Å². The molecule has 2 nitrogen and oxygen atoms in total. The molecule has 3 unspecified atom stereocenters. The maximum atomic E-state index is 13.1. The summed E-state index contributed by atoms with van der Waals surface area (Å²) in [5, 5.41) is 3.45. The van der Waals surface area contributed by atoms with E-state index in [4.69, 9.17) is 4.74 Å². The Kier molecular flexibility index (Phi) is 4.13. The molecule has 0 spiro atoms. The Labute approximate surface area is 102 Å². The van der Waals surface area contributed by atoms with Crippen LogP contribution in [-0.2, 0) is 4.74 Å². The van der Waals surface area contributed by atoms with Gasteiger partial charge in [-0.1, -0.05) is 12.1 Å². The third-order valence-electron chi connectivity index (χ3n) is 3.57. The highest BCUT2D eigenvalue weighted by molar-refractivity contribution is 5.19. The lowest BCUT2D eigenvalue weighted by atomic mass is 10.0. The third-order valence-corrected chi connectivity index (χ3v) is 3.57. The van der Waals surface area contributed by atoms with Crippen LogP contribution in [0.15, 0.2) is 24.3 Å². The minimum absolute atomic E-state index is 0.172. The van der Waals surface area contributed by atoms with Crippen LogP contribution in [0.2, 0.25) is 0 Å². The van der Waals surface area contributed by atoms with Crippen molar-refractivity contribution in [2.45, 2.75) is 32.4 Å². The minimum Gasteiger partial charge on any atom is -0.378 e. The zero-order valence-electron chi connectivity index (χ0n) is 10.4. The van der Waals surface area contributed by atoms with Gasteiger partial charge in [0.2, 0.25) is 0 Å². The zero-order chi connectivity index (χ0) is 12.3. The first kappa shape index (κ1) is 12.5. The van der Waals surface area contributed by atoms with E-state index in [-0.39, 0.29) is 11.9 Å². The van der Waals surface area contributed by atoms with Gasteiger partial charge in [-0.15, -0.1) is 0 Å². The Morgan fingerprint density at radius 3 is 3.00 bits per heavy atom. The van der Waals surface area contributed by atoms with Crippen molar-refractivity contribution in [3.8, 4) is 0 Å². The summed E-state index contributed by atoms with van der Waals surface area (Å²) in [6, 6.07) is 6.95. The van der Waals surface area contributed by atoms with E-state index in [2.05, 4.69) is 19.2 Å². The van der Waals surface area contributed by atoms with Crippen molar-refractivity contribution in [1.82, 2.24) is 5.32 Å². The fraction of sp³-hybridized carbons (Fsp3) is 0.571. The molecular formula is C14H20FNO. The molecule has 0 radical (unpaired) electrons. The van der Waals surface area contributed by atoms with Gasteiger partial charge >= 0.3 is 0 Å². The van der Waals surface area contributed by atoms with Gasteiger partial charge in [-0.25, -0.2) is 4.39 Å². The highest BCUT2D eigenvalue weighted by Crippen LogP contribution is 2.21. The summed E-state index contributed by atoms with van der Waals surface area (Å²) in [5.74, 6) is 0.403. The molecule has 1 aliphatic heterocycles. The average molecular weight is 237 g/mol. The molecule has 1 saturated heterocycles. The normalized spacial score (nSPS) is 26.1. The van der Waals surface area contributed by atoms with Gasteiger partial charge < -0.3 is 10.1 Å². The number of hydrogen-bond donors (Lipinski definition) is 1. The molecule has 1 aliphatic rings. The Balaban J connectivity index is 1.86. The molecule has 0 aromatic heterocycles. The molecule has 3 heteroatoms. The summed E-state index contributed by atoms with van der Waals surface area (Å²) in [4.78, 5) is 0. The second-order valence-corrected chi connectivity index (χ2v) is 4.81. The molecule has 94 valence electrons. The first-order valence-corrected chi connectivity index (χ1v) is 6.27. The average Bonchev–Trinajstić information content (AvgIpc) is 2.72. The van der Waals surface area contributed by atoms with Crippen LogP contribution >= 0.6 is 0 Å². The van der Waals surface area contributed by atoms with Crippen LogP contribution in [0.3, 0.4) is 0 Å². The quantitative estimate of drug-likeness (QED) is 0.869. The molecule has 1 N–H and O–H groups in total. The fourth-order valence-electron chi connectivity index (χ4n) is 2.27. The van der Waals surface area contributed by atoms with E-state index < -0.39 is 0 Å². The van der Waals surface area contributed by atoms with Gasteiger partial charge in [0, 0.05) is 19.2 Å². The standard InChI is InChI=1S/C14H20FNO/c1-10(12-4-3-5-14(15)8-12)16-9-13-6-7-17-11(13)2/h3-5,8,10-11,13,16H,6-7,9H2,1-2H3. The maximum Gasteiger partial charge on any atom is 0.123 e. The molecule has 1 aromatic carbocycles. The molecule has 1 heterocycles.